The molecule has 66 valence electrons. The minimum Gasteiger partial charge on any atom is -0.148 e. The van der Waals surface area contributed by atoms with Gasteiger partial charge in [0.05, 0.1) is 0 Å². The van der Waals surface area contributed by atoms with E-state index in [0.29, 0.717) is 0 Å². The molecule has 0 aliphatic heterocycles. The number of hydrogen-bond donors (Lipinski definition) is 0. The minimum absolute atomic E-state index is 1.08. The number of thioether (sulfide) groups is 1. The summed E-state index contributed by atoms with van der Waals surface area (Å²) in [5, 5.41) is 2.13. The fourth-order valence-corrected chi connectivity index (χ4v) is 2.76. The average Bonchev–Trinajstić information content (AvgIpc) is 2.69. The molecule has 2 aromatic rings. The summed E-state index contributed by atoms with van der Waals surface area (Å²) < 4.78 is 0. The lowest BCUT2D eigenvalue weighted by atomic mass is 10.4. The van der Waals surface area contributed by atoms with Gasteiger partial charge in [0.25, 0.3) is 0 Å². The van der Waals surface area contributed by atoms with Crippen LogP contribution >= 0.6 is 23.1 Å². The number of hydrogen-bond acceptors (Lipinski definition) is 2. The van der Waals surface area contributed by atoms with Crippen LogP contribution in [0.4, 0.5) is 0 Å². The first-order valence-corrected chi connectivity index (χ1v) is 6.02. The van der Waals surface area contributed by atoms with Gasteiger partial charge in [-0.2, -0.15) is 0 Å². The third-order valence-electron chi connectivity index (χ3n) is 1.70. The van der Waals surface area contributed by atoms with Gasteiger partial charge in [0, 0.05) is 15.5 Å². The smallest absolute Gasteiger partial charge is 0.0326 e. The maximum absolute atomic E-state index is 2.18. The molecule has 2 rings (SSSR count). The van der Waals surface area contributed by atoms with E-state index in [0.717, 1.165) is 5.75 Å². The first kappa shape index (κ1) is 8.85. The van der Waals surface area contributed by atoms with Crippen molar-refractivity contribution in [2.45, 2.75) is 10.6 Å². The molecule has 0 atom stereocenters. The topological polar surface area (TPSA) is 0 Å². The van der Waals surface area contributed by atoms with E-state index in [1.807, 2.05) is 23.1 Å². The van der Waals surface area contributed by atoms with Gasteiger partial charge >= 0.3 is 0 Å². The number of rotatable bonds is 3. The van der Waals surface area contributed by atoms with E-state index in [4.69, 9.17) is 0 Å². The van der Waals surface area contributed by atoms with Crippen LogP contribution in [0.15, 0.2) is 52.7 Å². The van der Waals surface area contributed by atoms with E-state index in [1.165, 1.54) is 9.77 Å². The first-order chi connectivity index (χ1) is 6.45. The molecule has 13 heavy (non-hydrogen) atoms. The normalized spacial score (nSPS) is 10.2. The maximum Gasteiger partial charge on any atom is 0.0326 e. The van der Waals surface area contributed by atoms with E-state index in [-0.39, 0.29) is 0 Å². The van der Waals surface area contributed by atoms with Crippen LogP contribution < -0.4 is 0 Å². The Hall–Kier alpha value is -0.730. The molecule has 0 amide bonds. The molecule has 0 radical (unpaired) electrons. The summed E-state index contributed by atoms with van der Waals surface area (Å²) in [6.45, 7) is 0. The van der Waals surface area contributed by atoms with E-state index < -0.39 is 0 Å². The van der Waals surface area contributed by atoms with Gasteiger partial charge in [-0.05, 0) is 23.6 Å². The Morgan fingerprint density at radius 1 is 1.00 bits per heavy atom. The van der Waals surface area contributed by atoms with Crippen molar-refractivity contribution >= 4 is 23.1 Å². The Morgan fingerprint density at radius 3 is 2.54 bits per heavy atom. The zero-order chi connectivity index (χ0) is 8.93. The molecule has 1 aromatic carbocycles. The molecule has 0 unspecified atom stereocenters. The quantitative estimate of drug-likeness (QED) is 0.683. The summed E-state index contributed by atoms with van der Waals surface area (Å²) in [5.41, 5.74) is 0. The zero-order valence-electron chi connectivity index (χ0n) is 7.14. The summed E-state index contributed by atoms with van der Waals surface area (Å²) in [4.78, 5) is 2.78. The van der Waals surface area contributed by atoms with E-state index in [2.05, 4.69) is 47.8 Å². The van der Waals surface area contributed by atoms with Gasteiger partial charge in [0.1, 0.15) is 0 Å². The second kappa shape index (κ2) is 4.49. The molecular formula is C11H10S2. The fourth-order valence-electron chi connectivity index (χ4n) is 1.07. The van der Waals surface area contributed by atoms with Crippen molar-refractivity contribution in [3.05, 3.63) is 52.7 Å². The van der Waals surface area contributed by atoms with Crippen LogP contribution in [0.5, 0.6) is 0 Å². The van der Waals surface area contributed by atoms with Crippen molar-refractivity contribution in [3.63, 3.8) is 0 Å². The van der Waals surface area contributed by atoms with Crippen molar-refractivity contribution in [2.24, 2.45) is 0 Å². The van der Waals surface area contributed by atoms with Crippen LogP contribution in [0.2, 0.25) is 0 Å². The van der Waals surface area contributed by atoms with Crippen molar-refractivity contribution in [1.29, 1.82) is 0 Å². The molecule has 0 N–H and O–H groups in total. The predicted molar refractivity (Wildman–Crippen MR) is 60.3 cm³/mol. The molecule has 0 spiro atoms. The predicted octanol–water partition coefficient (Wildman–Crippen LogP) is 4.04. The van der Waals surface area contributed by atoms with Crippen LogP contribution in [-0.4, -0.2) is 0 Å². The molecule has 0 fully saturated rings. The zero-order valence-corrected chi connectivity index (χ0v) is 8.78. The molecule has 0 saturated heterocycles. The van der Waals surface area contributed by atoms with Crippen LogP contribution in [0.1, 0.15) is 4.88 Å². The summed E-state index contributed by atoms with van der Waals surface area (Å²) >= 11 is 3.71. The second-order valence-electron chi connectivity index (χ2n) is 2.68. The van der Waals surface area contributed by atoms with Gasteiger partial charge in [0.2, 0.25) is 0 Å². The molecule has 1 aromatic heterocycles. The average molecular weight is 206 g/mol. The summed E-state index contributed by atoms with van der Waals surface area (Å²) in [6, 6.07) is 14.8. The maximum atomic E-state index is 2.18. The molecule has 0 aliphatic carbocycles. The molecular weight excluding hydrogens is 196 g/mol. The van der Waals surface area contributed by atoms with Crippen LogP contribution in [0.3, 0.4) is 0 Å². The Labute approximate surface area is 86.6 Å². The molecule has 1 heterocycles. The van der Waals surface area contributed by atoms with Gasteiger partial charge < -0.3 is 0 Å². The van der Waals surface area contributed by atoms with E-state index in [1.54, 1.807) is 0 Å². The Bertz CT molecular complexity index is 338. The third-order valence-corrected chi connectivity index (χ3v) is 3.82. The van der Waals surface area contributed by atoms with Crippen molar-refractivity contribution in [3.8, 4) is 0 Å². The molecule has 2 heteroatoms. The van der Waals surface area contributed by atoms with E-state index >= 15 is 0 Å². The third kappa shape index (κ3) is 2.61. The Morgan fingerprint density at radius 2 is 1.85 bits per heavy atom. The molecule has 0 bridgehead atoms. The fraction of sp³-hybridized carbons (Fsp3) is 0.0909. The first-order valence-electron chi connectivity index (χ1n) is 4.15. The van der Waals surface area contributed by atoms with E-state index in [9.17, 15) is 0 Å². The summed E-state index contributed by atoms with van der Waals surface area (Å²) in [7, 11) is 0. The van der Waals surface area contributed by atoms with Gasteiger partial charge in [0.15, 0.2) is 0 Å². The minimum atomic E-state index is 1.08. The second-order valence-corrected chi connectivity index (χ2v) is 4.76. The molecule has 0 nitrogen and oxygen atoms in total. The number of thiophene rings is 1. The lowest BCUT2D eigenvalue weighted by molar-refractivity contribution is 1.43. The van der Waals surface area contributed by atoms with Crippen LogP contribution in [0, 0.1) is 0 Å². The lowest BCUT2D eigenvalue weighted by Crippen LogP contribution is -1.72. The Balaban J connectivity index is 1.94. The molecule has 0 aliphatic rings. The van der Waals surface area contributed by atoms with Crippen LogP contribution in [-0.2, 0) is 5.75 Å². The summed E-state index contributed by atoms with van der Waals surface area (Å²) in [6.07, 6.45) is 0. The van der Waals surface area contributed by atoms with Gasteiger partial charge in [-0.1, -0.05) is 24.3 Å². The highest BCUT2D eigenvalue weighted by Gasteiger charge is 1.95. The largest absolute Gasteiger partial charge is 0.148 e. The molecule has 0 saturated carbocycles. The SMILES string of the molecule is c1ccc(SCc2cccs2)cc1. The summed E-state index contributed by atoms with van der Waals surface area (Å²) in [5.74, 6) is 1.08. The Kier molecular flexibility index (Phi) is 3.06. The van der Waals surface area contributed by atoms with Gasteiger partial charge in [-0.25, -0.2) is 0 Å². The van der Waals surface area contributed by atoms with Gasteiger partial charge in [-0.15, -0.1) is 23.1 Å². The van der Waals surface area contributed by atoms with Crippen molar-refractivity contribution in [2.75, 3.05) is 0 Å². The highest BCUT2D eigenvalue weighted by molar-refractivity contribution is 7.98. The highest BCUT2D eigenvalue weighted by Crippen LogP contribution is 2.24. The highest BCUT2D eigenvalue weighted by atomic mass is 32.2. The number of benzene rings is 1. The van der Waals surface area contributed by atoms with Crippen LogP contribution in [0.25, 0.3) is 0 Å². The lowest BCUT2D eigenvalue weighted by Gasteiger charge is -1.97. The van der Waals surface area contributed by atoms with Gasteiger partial charge in [-0.3, -0.25) is 0 Å². The van der Waals surface area contributed by atoms with Crippen molar-refractivity contribution in [1.82, 2.24) is 0 Å². The van der Waals surface area contributed by atoms with Crippen molar-refractivity contribution < 1.29 is 0 Å². The standard InChI is InChI=1S/C11H10S2/c1-2-5-10(6-3-1)13-9-11-7-4-8-12-11/h1-8H,9H2. The monoisotopic (exact) mass is 206 g/mol.